The molecule has 1 aliphatic rings. The molecule has 0 radical (unpaired) electrons. The minimum atomic E-state index is -0.242. The van der Waals surface area contributed by atoms with Gasteiger partial charge in [0.2, 0.25) is 5.91 Å². The zero-order valence-corrected chi connectivity index (χ0v) is 22.8. The Bertz CT molecular complexity index is 1610. The second-order valence-corrected chi connectivity index (χ2v) is 10.6. The molecule has 0 saturated carbocycles. The van der Waals surface area contributed by atoms with Gasteiger partial charge < -0.3 is 19.4 Å². The highest BCUT2D eigenvalue weighted by molar-refractivity contribution is 5.86. The lowest BCUT2D eigenvalue weighted by atomic mass is 9.89. The molecule has 0 unspecified atom stereocenters. The molecule has 0 aliphatic carbocycles. The first-order valence-corrected chi connectivity index (χ1v) is 14.1. The Morgan fingerprint density at radius 2 is 1.61 bits per heavy atom. The van der Waals surface area contributed by atoms with Crippen molar-refractivity contribution in [3.05, 3.63) is 132 Å². The number of nitrogens with zero attached hydrogens (tertiary/aromatic N) is 1. The van der Waals surface area contributed by atoms with Crippen LogP contribution in [0.4, 0.5) is 4.39 Å². The fraction of sp³-hybridized carbons (Fsp3) is 0.229. The molecular formula is C35H33FN2O3. The lowest BCUT2D eigenvalue weighted by Gasteiger charge is -2.26. The van der Waals surface area contributed by atoms with Crippen molar-refractivity contribution in [1.29, 1.82) is 0 Å². The molecule has 1 amide bonds. The van der Waals surface area contributed by atoms with Crippen LogP contribution in [0.25, 0.3) is 10.9 Å². The van der Waals surface area contributed by atoms with Gasteiger partial charge >= 0.3 is 0 Å². The summed E-state index contributed by atoms with van der Waals surface area (Å²) in [6.07, 6.45) is 3.99. The summed E-state index contributed by atoms with van der Waals surface area (Å²) in [4.78, 5) is 13.3. The number of carbonyl (C=O) groups is 1. The van der Waals surface area contributed by atoms with Crippen LogP contribution in [0.2, 0.25) is 0 Å². The van der Waals surface area contributed by atoms with E-state index in [4.69, 9.17) is 9.47 Å². The maximum atomic E-state index is 13.5. The molecule has 6 rings (SSSR count). The van der Waals surface area contributed by atoms with E-state index in [1.165, 1.54) is 17.7 Å². The van der Waals surface area contributed by atoms with E-state index >= 15 is 0 Å². The van der Waals surface area contributed by atoms with Gasteiger partial charge in [0, 0.05) is 30.1 Å². The van der Waals surface area contributed by atoms with E-state index in [0.717, 1.165) is 40.6 Å². The number of para-hydroxylation sites is 3. The number of nitrogens with one attached hydrogen (secondary N) is 1. The number of hydrogen-bond donors (Lipinski definition) is 1. The molecule has 5 nitrogen and oxygen atoms in total. The summed E-state index contributed by atoms with van der Waals surface area (Å²) in [5.41, 5.74) is 4.52. The average molecular weight is 549 g/mol. The zero-order valence-electron chi connectivity index (χ0n) is 22.8. The van der Waals surface area contributed by atoms with Gasteiger partial charge in [-0.25, -0.2) is 4.39 Å². The monoisotopic (exact) mass is 548 g/mol. The first-order valence-electron chi connectivity index (χ1n) is 14.1. The summed E-state index contributed by atoms with van der Waals surface area (Å²) in [7, 11) is 0. The van der Waals surface area contributed by atoms with E-state index in [2.05, 4.69) is 52.5 Å². The number of amides is 1. The third-order valence-electron chi connectivity index (χ3n) is 7.68. The predicted octanol–water partition coefficient (Wildman–Crippen LogP) is 6.89. The minimum Gasteiger partial charge on any atom is -0.486 e. The van der Waals surface area contributed by atoms with Crippen LogP contribution >= 0.6 is 0 Å². The van der Waals surface area contributed by atoms with Crippen LogP contribution in [0.5, 0.6) is 11.5 Å². The van der Waals surface area contributed by atoms with Gasteiger partial charge in [-0.1, -0.05) is 72.8 Å². The molecule has 1 aliphatic heterocycles. The SMILES string of the molecule is O=C(C[C@@H](CCc1ccccc1)c1cn(Cc2ccc(F)cc2)c2ccccc12)NC[C@@H]1COc2ccccc2O1. The molecule has 1 aromatic heterocycles. The Balaban J connectivity index is 1.21. The highest BCUT2D eigenvalue weighted by Crippen LogP contribution is 2.34. The third-order valence-corrected chi connectivity index (χ3v) is 7.68. The number of ether oxygens (including phenoxy) is 2. The lowest BCUT2D eigenvalue weighted by Crippen LogP contribution is -2.41. The van der Waals surface area contributed by atoms with Gasteiger partial charge in [-0.3, -0.25) is 4.79 Å². The van der Waals surface area contributed by atoms with Crippen molar-refractivity contribution in [2.75, 3.05) is 13.2 Å². The van der Waals surface area contributed by atoms with Gasteiger partial charge in [0.25, 0.3) is 0 Å². The molecule has 2 atom stereocenters. The van der Waals surface area contributed by atoms with E-state index in [0.29, 0.717) is 31.9 Å². The number of aryl methyl sites for hydroxylation is 1. The molecule has 2 heterocycles. The van der Waals surface area contributed by atoms with Crippen LogP contribution in [0.1, 0.15) is 35.4 Å². The van der Waals surface area contributed by atoms with Gasteiger partial charge in [-0.05, 0) is 65.8 Å². The Morgan fingerprint density at radius 1 is 0.878 bits per heavy atom. The average Bonchev–Trinajstić information content (AvgIpc) is 3.38. The highest BCUT2D eigenvalue weighted by atomic mass is 19.1. The summed E-state index contributed by atoms with van der Waals surface area (Å²) in [6, 6.07) is 32.9. The molecule has 208 valence electrons. The standard InChI is InChI=1S/C35H33FN2O3/c36-28-18-15-26(16-19-28)22-38-23-31(30-10-4-5-11-32(30)38)27(17-14-25-8-2-1-3-9-25)20-35(39)37-21-29-24-40-33-12-6-7-13-34(33)41-29/h1-13,15-16,18-19,23,27,29H,14,17,20-22,24H2,(H,37,39)/t27-,29-/m1/s1. The van der Waals surface area contributed by atoms with Crippen LogP contribution in [0, 0.1) is 5.82 Å². The van der Waals surface area contributed by atoms with Gasteiger partial charge in [0.05, 0.1) is 6.54 Å². The van der Waals surface area contributed by atoms with Crippen LogP contribution < -0.4 is 14.8 Å². The lowest BCUT2D eigenvalue weighted by molar-refractivity contribution is -0.122. The van der Waals surface area contributed by atoms with Crippen LogP contribution in [-0.4, -0.2) is 29.7 Å². The van der Waals surface area contributed by atoms with Crippen LogP contribution in [0.3, 0.4) is 0 Å². The Hall–Kier alpha value is -4.58. The van der Waals surface area contributed by atoms with Crippen molar-refractivity contribution in [2.45, 2.75) is 37.8 Å². The number of aromatic nitrogens is 1. The molecule has 6 heteroatoms. The quantitative estimate of drug-likeness (QED) is 0.207. The summed E-state index contributed by atoms with van der Waals surface area (Å²) < 4.78 is 27.6. The van der Waals surface area contributed by atoms with Gasteiger partial charge in [-0.2, -0.15) is 0 Å². The van der Waals surface area contributed by atoms with E-state index in [9.17, 15) is 9.18 Å². The summed E-state index contributed by atoms with van der Waals surface area (Å²) in [5, 5.41) is 4.24. The van der Waals surface area contributed by atoms with Crippen molar-refractivity contribution >= 4 is 16.8 Å². The van der Waals surface area contributed by atoms with Crippen molar-refractivity contribution in [3.8, 4) is 11.5 Å². The summed E-state index contributed by atoms with van der Waals surface area (Å²) in [6.45, 7) is 1.40. The highest BCUT2D eigenvalue weighted by Gasteiger charge is 2.24. The van der Waals surface area contributed by atoms with Crippen molar-refractivity contribution in [3.63, 3.8) is 0 Å². The molecule has 1 N–H and O–H groups in total. The number of halogens is 1. The number of carbonyl (C=O) groups excluding carboxylic acids is 1. The fourth-order valence-corrected chi connectivity index (χ4v) is 5.56. The minimum absolute atomic E-state index is 0.0128. The zero-order chi connectivity index (χ0) is 28.0. The molecule has 41 heavy (non-hydrogen) atoms. The summed E-state index contributed by atoms with van der Waals surface area (Å²) >= 11 is 0. The van der Waals surface area contributed by atoms with Crippen molar-refractivity contribution in [1.82, 2.24) is 9.88 Å². The number of hydrogen-bond acceptors (Lipinski definition) is 3. The molecular weight excluding hydrogens is 515 g/mol. The Kier molecular flexibility index (Phi) is 7.99. The fourth-order valence-electron chi connectivity index (χ4n) is 5.56. The largest absolute Gasteiger partial charge is 0.486 e. The number of benzene rings is 4. The van der Waals surface area contributed by atoms with E-state index < -0.39 is 0 Å². The van der Waals surface area contributed by atoms with Crippen molar-refractivity contribution < 1.29 is 18.7 Å². The van der Waals surface area contributed by atoms with Crippen LogP contribution in [-0.2, 0) is 17.8 Å². The second-order valence-electron chi connectivity index (χ2n) is 10.6. The van der Waals surface area contributed by atoms with Crippen molar-refractivity contribution in [2.24, 2.45) is 0 Å². The molecule has 0 saturated heterocycles. The molecule has 0 fully saturated rings. The van der Waals surface area contributed by atoms with E-state index in [1.54, 1.807) is 0 Å². The Morgan fingerprint density at radius 3 is 2.44 bits per heavy atom. The molecule has 5 aromatic rings. The van der Waals surface area contributed by atoms with Gasteiger partial charge in [-0.15, -0.1) is 0 Å². The maximum absolute atomic E-state index is 13.5. The summed E-state index contributed by atoms with van der Waals surface area (Å²) in [5.74, 6) is 1.19. The molecule has 4 aromatic carbocycles. The predicted molar refractivity (Wildman–Crippen MR) is 159 cm³/mol. The third kappa shape index (κ3) is 6.43. The number of rotatable bonds is 10. The first-order chi connectivity index (χ1) is 20.1. The van der Waals surface area contributed by atoms with Gasteiger partial charge in [0.15, 0.2) is 11.5 Å². The number of fused-ring (bicyclic) bond motifs is 2. The van der Waals surface area contributed by atoms with E-state index in [-0.39, 0.29) is 23.7 Å². The molecule has 0 spiro atoms. The maximum Gasteiger partial charge on any atom is 0.220 e. The van der Waals surface area contributed by atoms with Gasteiger partial charge in [0.1, 0.15) is 18.5 Å². The normalized spacial score (nSPS) is 15.0. The van der Waals surface area contributed by atoms with Crippen LogP contribution in [0.15, 0.2) is 109 Å². The Labute approximate surface area is 239 Å². The first kappa shape index (κ1) is 26.6. The smallest absolute Gasteiger partial charge is 0.220 e. The topological polar surface area (TPSA) is 52.5 Å². The second kappa shape index (κ2) is 12.3. The molecule has 0 bridgehead atoms. The van der Waals surface area contributed by atoms with E-state index in [1.807, 2.05) is 54.6 Å².